The van der Waals surface area contributed by atoms with Crippen molar-refractivity contribution in [3.63, 3.8) is 0 Å². The molecule has 1 amide bonds. The summed E-state index contributed by atoms with van der Waals surface area (Å²) in [6, 6.07) is 14.8. The van der Waals surface area contributed by atoms with Gasteiger partial charge in [-0.3, -0.25) is 4.79 Å². The number of benzene rings is 2. The molecule has 0 unspecified atom stereocenters. The summed E-state index contributed by atoms with van der Waals surface area (Å²) in [6.45, 7) is 2.49. The molecule has 2 rings (SSSR count). The van der Waals surface area contributed by atoms with Crippen molar-refractivity contribution in [2.75, 3.05) is 7.11 Å². The molecule has 3 nitrogen and oxygen atoms in total. The number of carbonyl (C=O) groups excluding carboxylic acids is 1. The quantitative estimate of drug-likeness (QED) is 0.907. The van der Waals surface area contributed by atoms with Gasteiger partial charge in [-0.25, -0.2) is 0 Å². The SMILES string of the molecule is COCc1ccc(C(=O)N[C@H](C)c2ccc(Cl)cc2)cc1. The highest BCUT2D eigenvalue weighted by Crippen LogP contribution is 2.16. The van der Waals surface area contributed by atoms with E-state index in [4.69, 9.17) is 16.3 Å². The average Bonchev–Trinajstić information content (AvgIpc) is 2.49. The molecule has 0 aromatic heterocycles. The first-order chi connectivity index (χ1) is 10.1. The van der Waals surface area contributed by atoms with Crippen LogP contribution in [0.15, 0.2) is 48.5 Å². The third-order valence-electron chi connectivity index (χ3n) is 3.24. The van der Waals surface area contributed by atoms with Crippen LogP contribution in [0.1, 0.15) is 34.5 Å². The summed E-state index contributed by atoms with van der Waals surface area (Å²) in [6.07, 6.45) is 0. The maximum Gasteiger partial charge on any atom is 0.251 e. The zero-order valence-electron chi connectivity index (χ0n) is 12.1. The van der Waals surface area contributed by atoms with Crippen LogP contribution in [0.3, 0.4) is 0 Å². The predicted octanol–water partition coefficient (Wildman–Crippen LogP) is 3.98. The summed E-state index contributed by atoms with van der Waals surface area (Å²) in [7, 11) is 1.65. The lowest BCUT2D eigenvalue weighted by atomic mass is 10.1. The molecule has 2 aromatic carbocycles. The summed E-state index contributed by atoms with van der Waals surface area (Å²) < 4.78 is 5.05. The zero-order chi connectivity index (χ0) is 15.2. The first-order valence-electron chi connectivity index (χ1n) is 6.74. The van der Waals surface area contributed by atoms with E-state index < -0.39 is 0 Å². The molecule has 110 valence electrons. The monoisotopic (exact) mass is 303 g/mol. The molecule has 21 heavy (non-hydrogen) atoms. The van der Waals surface area contributed by atoms with Gasteiger partial charge in [-0.1, -0.05) is 35.9 Å². The Morgan fingerprint density at radius 3 is 2.33 bits per heavy atom. The molecule has 0 saturated carbocycles. The van der Waals surface area contributed by atoms with Crippen LogP contribution in [0.4, 0.5) is 0 Å². The van der Waals surface area contributed by atoms with Gasteiger partial charge in [0.05, 0.1) is 12.6 Å². The Morgan fingerprint density at radius 1 is 1.14 bits per heavy atom. The van der Waals surface area contributed by atoms with E-state index in [1.165, 1.54) is 0 Å². The average molecular weight is 304 g/mol. The van der Waals surface area contributed by atoms with E-state index in [0.29, 0.717) is 17.2 Å². The van der Waals surface area contributed by atoms with Gasteiger partial charge in [0.2, 0.25) is 0 Å². The minimum Gasteiger partial charge on any atom is -0.380 e. The number of hydrogen-bond donors (Lipinski definition) is 1. The van der Waals surface area contributed by atoms with Crippen LogP contribution < -0.4 is 5.32 Å². The summed E-state index contributed by atoms with van der Waals surface area (Å²) >= 11 is 5.86. The molecule has 0 spiro atoms. The fourth-order valence-electron chi connectivity index (χ4n) is 2.03. The number of carbonyl (C=O) groups is 1. The van der Waals surface area contributed by atoms with Crippen LogP contribution in [0, 0.1) is 0 Å². The Morgan fingerprint density at radius 2 is 1.76 bits per heavy atom. The number of amides is 1. The fourth-order valence-corrected chi connectivity index (χ4v) is 2.16. The highest BCUT2D eigenvalue weighted by Gasteiger charge is 2.11. The second-order valence-electron chi connectivity index (χ2n) is 4.88. The number of halogens is 1. The molecule has 1 N–H and O–H groups in total. The van der Waals surface area contributed by atoms with Gasteiger partial charge >= 0.3 is 0 Å². The largest absolute Gasteiger partial charge is 0.380 e. The third kappa shape index (κ3) is 4.31. The topological polar surface area (TPSA) is 38.3 Å². The highest BCUT2D eigenvalue weighted by molar-refractivity contribution is 6.30. The Labute approximate surface area is 129 Å². The fraction of sp³-hybridized carbons (Fsp3) is 0.235. The van der Waals surface area contributed by atoms with E-state index in [2.05, 4.69) is 5.32 Å². The van der Waals surface area contributed by atoms with Gasteiger partial charge in [0.15, 0.2) is 0 Å². The van der Waals surface area contributed by atoms with Gasteiger partial charge in [0, 0.05) is 17.7 Å². The highest BCUT2D eigenvalue weighted by atomic mass is 35.5. The van der Waals surface area contributed by atoms with Crippen molar-refractivity contribution in [2.24, 2.45) is 0 Å². The van der Waals surface area contributed by atoms with Crippen molar-refractivity contribution in [2.45, 2.75) is 19.6 Å². The molecule has 4 heteroatoms. The van der Waals surface area contributed by atoms with E-state index in [0.717, 1.165) is 11.1 Å². The summed E-state index contributed by atoms with van der Waals surface area (Å²) in [5, 5.41) is 3.66. The first-order valence-corrected chi connectivity index (χ1v) is 7.12. The molecule has 0 radical (unpaired) electrons. The van der Waals surface area contributed by atoms with Crippen molar-refractivity contribution in [3.8, 4) is 0 Å². The summed E-state index contributed by atoms with van der Waals surface area (Å²) in [4.78, 5) is 12.2. The number of ether oxygens (including phenoxy) is 1. The second-order valence-corrected chi connectivity index (χ2v) is 5.31. The van der Waals surface area contributed by atoms with Gasteiger partial charge in [-0.15, -0.1) is 0 Å². The standard InChI is InChI=1S/C17H18ClNO2/c1-12(14-7-9-16(18)10-8-14)19-17(20)15-5-3-13(4-6-15)11-21-2/h3-10,12H,11H2,1-2H3,(H,19,20)/t12-/m1/s1. The van der Waals surface area contributed by atoms with Gasteiger partial charge in [-0.2, -0.15) is 0 Å². The van der Waals surface area contributed by atoms with Crippen LogP contribution in [0.25, 0.3) is 0 Å². The lowest BCUT2D eigenvalue weighted by Crippen LogP contribution is -2.26. The van der Waals surface area contributed by atoms with Crippen molar-refractivity contribution >= 4 is 17.5 Å². The van der Waals surface area contributed by atoms with Crippen molar-refractivity contribution < 1.29 is 9.53 Å². The minimum absolute atomic E-state index is 0.0755. The van der Waals surface area contributed by atoms with Crippen LogP contribution in [0.5, 0.6) is 0 Å². The zero-order valence-corrected chi connectivity index (χ0v) is 12.9. The lowest BCUT2D eigenvalue weighted by Gasteiger charge is -2.14. The Bertz CT molecular complexity index is 593. The molecular formula is C17H18ClNO2. The van der Waals surface area contributed by atoms with Crippen LogP contribution >= 0.6 is 11.6 Å². The normalized spacial score (nSPS) is 12.0. The Hall–Kier alpha value is -1.84. The Balaban J connectivity index is 2.01. The maximum absolute atomic E-state index is 12.2. The van der Waals surface area contributed by atoms with Crippen molar-refractivity contribution in [1.82, 2.24) is 5.32 Å². The second kappa shape index (κ2) is 7.25. The van der Waals surface area contributed by atoms with E-state index in [1.807, 2.05) is 43.3 Å². The van der Waals surface area contributed by atoms with Gasteiger partial charge in [0.1, 0.15) is 0 Å². The summed E-state index contributed by atoms with van der Waals surface area (Å²) in [5.41, 5.74) is 2.69. The van der Waals surface area contributed by atoms with E-state index in [-0.39, 0.29) is 11.9 Å². The molecule has 0 aliphatic rings. The minimum atomic E-state index is -0.0959. The molecule has 1 atom stereocenters. The third-order valence-corrected chi connectivity index (χ3v) is 3.50. The van der Waals surface area contributed by atoms with Gasteiger partial charge in [-0.05, 0) is 42.3 Å². The number of rotatable bonds is 5. The van der Waals surface area contributed by atoms with Crippen LogP contribution in [0.2, 0.25) is 5.02 Å². The van der Waals surface area contributed by atoms with Crippen LogP contribution in [-0.2, 0) is 11.3 Å². The maximum atomic E-state index is 12.2. The molecule has 0 aliphatic heterocycles. The van der Waals surface area contributed by atoms with E-state index >= 15 is 0 Å². The first kappa shape index (κ1) is 15.5. The molecule has 0 fully saturated rings. The molecule has 2 aromatic rings. The number of methoxy groups -OCH3 is 1. The molecule has 0 bridgehead atoms. The van der Waals surface area contributed by atoms with Gasteiger partial charge in [0.25, 0.3) is 5.91 Å². The van der Waals surface area contributed by atoms with Crippen molar-refractivity contribution in [3.05, 3.63) is 70.2 Å². The lowest BCUT2D eigenvalue weighted by molar-refractivity contribution is 0.0940. The van der Waals surface area contributed by atoms with Gasteiger partial charge < -0.3 is 10.1 Å². The van der Waals surface area contributed by atoms with Crippen molar-refractivity contribution in [1.29, 1.82) is 0 Å². The Kier molecular flexibility index (Phi) is 5.37. The molecule has 0 saturated heterocycles. The predicted molar refractivity (Wildman–Crippen MR) is 84.5 cm³/mol. The van der Waals surface area contributed by atoms with E-state index in [9.17, 15) is 4.79 Å². The van der Waals surface area contributed by atoms with E-state index in [1.54, 1.807) is 19.2 Å². The smallest absolute Gasteiger partial charge is 0.251 e. The number of hydrogen-bond acceptors (Lipinski definition) is 2. The molecule has 0 heterocycles. The molecular weight excluding hydrogens is 286 g/mol. The summed E-state index contributed by atoms with van der Waals surface area (Å²) in [5.74, 6) is -0.0959. The molecule has 0 aliphatic carbocycles. The van der Waals surface area contributed by atoms with Crippen LogP contribution in [-0.4, -0.2) is 13.0 Å². The number of nitrogens with one attached hydrogen (secondary N) is 1.